The van der Waals surface area contributed by atoms with Crippen molar-refractivity contribution in [2.24, 2.45) is 0 Å². The summed E-state index contributed by atoms with van der Waals surface area (Å²) < 4.78 is 13.7. The van der Waals surface area contributed by atoms with E-state index in [4.69, 9.17) is 16.7 Å². The lowest BCUT2D eigenvalue weighted by Crippen LogP contribution is -2.15. The van der Waals surface area contributed by atoms with Gasteiger partial charge in [0.25, 0.3) is 5.91 Å². The fraction of sp³-hybridized carbons (Fsp3) is 0. The Balaban J connectivity index is 2.34. The van der Waals surface area contributed by atoms with Crippen LogP contribution in [-0.2, 0) is 0 Å². The summed E-state index contributed by atoms with van der Waals surface area (Å²) in [4.78, 5) is 23.3. The van der Waals surface area contributed by atoms with Gasteiger partial charge in [0.1, 0.15) is 5.82 Å². The molecule has 2 aromatic rings. The summed E-state index contributed by atoms with van der Waals surface area (Å²) in [6, 6.07) is 7.94. The van der Waals surface area contributed by atoms with Gasteiger partial charge in [-0.3, -0.25) is 4.79 Å². The average Bonchev–Trinajstić information content (AvgIpc) is 2.40. The van der Waals surface area contributed by atoms with Gasteiger partial charge in [0.05, 0.1) is 21.8 Å². The monoisotopic (exact) mass is 419 g/mol. The SMILES string of the molecule is O=C(Nc1ccc(I)cc1C(=O)O)c1ccc(F)cc1Cl. The topological polar surface area (TPSA) is 66.4 Å². The fourth-order valence-electron chi connectivity index (χ4n) is 1.67. The van der Waals surface area contributed by atoms with Crippen LogP contribution >= 0.6 is 34.2 Å². The Morgan fingerprint density at radius 3 is 2.48 bits per heavy atom. The Hall–Kier alpha value is -1.67. The van der Waals surface area contributed by atoms with Crippen LogP contribution in [0.15, 0.2) is 36.4 Å². The van der Waals surface area contributed by atoms with Crippen molar-refractivity contribution in [2.45, 2.75) is 0 Å². The molecule has 0 aliphatic carbocycles. The fourth-order valence-corrected chi connectivity index (χ4v) is 2.41. The molecule has 108 valence electrons. The summed E-state index contributed by atoms with van der Waals surface area (Å²) in [7, 11) is 0. The first kappa shape index (κ1) is 15.7. The third-order valence-electron chi connectivity index (χ3n) is 2.64. The lowest BCUT2D eigenvalue weighted by molar-refractivity contribution is 0.0698. The molecule has 2 N–H and O–H groups in total. The zero-order chi connectivity index (χ0) is 15.6. The Bertz CT molecular complexity index is 736. The number of hydrogen-bond donors (Lipinski definition) is 2. The Labute approximate surface area is 138 Å². The van der Waals surface area contributed by atoms with Crippen LogP contribution in [0.5, 0.6) is 0 Å². The zero-order valence-electron chi connectivity index (χ0n) is 10.4. The Morgan fingerprint density at radius 2 is 1.86 bits per heavy atom. The van der Waals surface area contributed by atoms with E-state index < -0.39 is 17.7 Å². The maximum atomic E-state index is 13.0. The summed E-state index contributed by atoms with van der Waals surface area (Å²) in [5.41, 5.74) is 0.176. The molecule has 1 amide bonds. The van der Waals surface area contributed by atoms with Crippen LogP contribution < -0.4 is 5.32 Å². The van der Waals surface area contributed by atoms with E-state index >= 15 is 0 Å². The smallest absolute Gasteiger partial charge is 0.337 e. The highest BCUT2D eigenvalue weighted by molar-refractivity contribution is 14.1. The molecule has 0 radical (unpaired) electrons. The van der Waals surface area contributed by atoms with Crippen molar-refractivity contribution in [3.8, 4) is 0 Å². The van der Waals surface area contributed by atoms with Crippen LogP contribution in [-0.4, -0.2) is 17.0 Å². The van der Waals surface area contributed by atoms with Crippen molar-refractivity contribution >= 4 is 51.8 Å². The molecule has 0 atom stereocenters. The van der Waals surface area contributed by atoms with Crippen molar-refractivity contribution in [1.29, 1.82) is 0 Å². The van der Waals surface area contributed by atoms with Gasteiger partial charge < -0.3 is 10.4 Å². The lowest BCUT2D eigenvalue weighted by atomic mass is 10.1. The standard InChI is InChI=1S/C14H8ClFINO3/c15-11-5-7(16)1-3-9(11)13(19)18-12-4-2-8(17)6-10(12)14(20)21/h1-6H,(H,18,19)(H,20,21). The minimum absolute atomic E-state index is 0.0338. The van der Waals surface area contributed by atoms with E-state index in [2.05, 4.69) is 5.32 Å². The van der Waals surface area contributed by atoms with E-state index in [1.807, 2.05) is 22.6 Å². The second kappa shape index (κ2) is 6.40. The number of nitrogens with one attached hydrogen (secondary N) is 1. The number of aromatic carboxylic acids is 1. The van der Waals surface area contributed by atoms with E-state index in [9.17, 15) is 14.0 Å². The van der Waals surface area contributed by atoms with Crippen LogP contribution in [0.25, 0.3) is 0 Å². The van der Waals surface area contributed by atoms with Gasteiger partial charge in [-0.1, -0.05) is 11.6 Å². The number of carboxylic acid groups (broad SMARTS) is 1. The predicted octanol–water partition coefficient (Wildman–Crippen LogP) is 4.03. The minimum Gasteiger partial charge on any atom is -0.478 e. The lowest BCUT2D eigenvalue weighted by Gasteiger charge is -2.10. The third-order valence-corrected chi connectivity index (χ3v) is 3.62. The van der Waals surface area contributed by atoms with Crippen LogP contribution in [0.1, 0.15) is 20.7 Å². The van der Waals surface area contributed by atoms with Gasteiger partial charge in [0.2, 0.25) is 0 Å². The van der Waals surface area contributed by atoms with Crippen molar-refractivity contribution in [1.82, 2.24) is 0 Å². The molecule has 2 rings (SSSR count). The highest BCUT2D eigenvalue weighted by Crippen LogP contribution is 2.22. The molecular weight excluding hydrogens is 412 g/mol. The highest BCUT2D eigenvalue weighted by Gasteiger charge is 2.16. The van der Waals surface area contributed by atoms with E-state index in [-0.39, 0.29) is 21.8 Å². The minimum atomic E-state index is -1.16. The van der Waals surface area contributed by atoms with Gasteiger partial charge >= 0.3 is 5.97 Å². The molecule has 0 fully saturated rings. The van der Waals surface area contributed by atoms with Gasteiger partial charge in [0.15, 0.2) is 0 Å². The molecule has 0 bridgehead atoms. The number of halogens is 3. The van der Waals surface area contributed by atoms with Gasteiger partial charge in [-0.25, -0.2) is 9.18 Å². The zero-order valence-corrected chi connectivity index (χ0v) is 13.3. The van der Waals surface area contributed by atoms with Crippen LogP contribution in [0.4, 0.5) is 10.1 Å². The van der Waals surface area contributed by atoms with Crippen molar-refractivity contribution in [3.05, 3.63) is 61.9 Å². The molecule has 0 saturated heterocycles. The first-order valence-corrected chi connectivity index (χ1v) is 7.13. The first-order valence-electron chi connectivity index (χ1n) is 5.67. The molecule has 0 heterocycles. The van der Waals surface area contributed by atoms with E-state index in [1.165, 1.54) is 18.2 Å². The molecule has 0 aliphatic heterocycles. The average molecular weight is 420 g/mol. The molecular formula is C14H8ClFINO3. The number of carboxylic acids is 1. The predicted molar refractivity (Wildman–Crippen MR) is 85.5 cm³/mol. The second-order valence-electron chi connectivity index (χ2n) is 4.07. The normalized spacial score (nSPS) is 10.2. The summed E-state index contributed by atoms with van der Waals surface area (Å²) in [5.74, 6) is -2.32. The molecule has 0 saturated carbocycles. The van der Waals surface area contributed by atoms with E-state index in [1.54, 1.807) is 6.07 Å². The number of carbonyl (C=O) groups excluding carboxylic acids is 1. The van der Waals surface area contributed by atoms with Gasteiger partial charge in [0, 0.05) is 3.57 Å². The molecule has 0 unspecified atom stereocenters. The molecule has 7 heteroatoms. The molecule has 0 spiro atoms. The Morgan fingerprint density at radius 1 is 1.14 bits per heavy atom. The number of benzene rings is 2. The maximum Gasteiger partial charge on any atom is 0.337 e. The van der Waals surface area contributed by atoms with Crippen molar-refractivity contribution < 1.29 is 19.1 Å². The number of amides is 1. The summed E-state index contributed by atoms with van der Waals surface area (Å²) in [5, 5.41) is 11.6. The summed E-state index contributed by atoms with van der Waals surface area (Å²) in [6.07, 6.45) is 0. The van der Waals surface area contributed by atoms with Crippen LogP contribution in [0.3, 0.4) is 0 Å². The number of hydrogen-bond acceptors (Lipinski definition) is 2. The Kier molecular flexibility index (Phi) is 4.79. The van der Waals surface area contributed by atoms with E-state index in [0.717, 1.165) is 15.7 Å². The van der Waals surface area contributed by atoms with Gasteiger partial charge in [-0.2, -0.15) is 0 Å². The summed E-state index contributed by atoms with van der Waals surface area (Å²) in [6.45, 7) is 0. The second-order valence-corrected chi connectivity index (χ2v) is 5.73. The number of rotatable bonds is 3. The quantitative estimate of drug-likeness (QED) is 0.738. The van der Waals surface area contributed by atoms with Gasteiger partial charge in [-0.15, -0.1) is 0 Å². The van der Waals surface area contributed by atoms with Crippen LogP contribution in [0.2, 0.25) is 5.02 Å². The molecule has 0 aromatic heterocycles. The highest BCUT2D eigenvalue weighted by atomic mass is 127. The largest absolute Gasteiger partial charge is 0.478 e. The molecule has 21 heavy (non-hydrogen) atoms. The van der Waals surface area contributed by atoms with Crippen LogP contribution in [0, 0.1) is 9.39 Å². The van der Waals surface area contributed by atoms with Crippen molar-refractivity contribution in [3.63, 3.8) is 0 Å². The first-order chi connectivity index (χ1) is 9.88. The van der Waals surface area contributed by atoms with Crippen molar-refractivity contribution in [2.75, 3.05) is 5.32 Å². The molecule has 4 nitrogen and oxygen atoms in total. The van der Waals surface area contributed by atoms with E-state index in [0.29, 0.717) is 0 Å². The van der Waals surface area contributed by atoms with Gasteiger partial charge in [-0.05, 0) is 59.0 Å². The third kappa shape index (κ3) is 3.70. The summed E-state index contributed by atoms with van der Waals surface area (Å²) >= 11 is 7.77. The number of carbonyl (C=O) groups is 2. The molecule has 0 aliphatic rings. The maximum absolute atomic E-state index is 13.0. The molecule has 2 aromatic carbocycles. The number of anilines is 1.